The number of carboxylic acid groups (broad SMARTS) is 1. The molecule has 0 aromatic rings. The number of carbonyl (C=O) groups excluding carboxylic acids is 3. The van der Waals surface area contributed by atoms with Crippen LogP contribution in [0.2, 0.25) is 0 Å². The average Bonchev–Trinajstić information content (AvgIpc) is 3.19. The van der Waals surface area contributed by atoms with Crippen LogP contribution in [0.1, 0.15) is 52.4 Å². The minimum Gasteiger partial charge on any atom is -0.480 e. The van der Waals surface area contributed by atoms with Crippen LogP contribution in [0.5, 0.6) is 0 Å². The lowest BCUT2D eigenvalue weighted by Crippen LogP contribution is -2.54. The van der Waals surface area contributed by atoms with Crippen molar-refractivity contribution >= 4 is 23.7 Å². The predicted molar refractivity (Wildman–Crippen MR) is 108 cm³/mol. The highest BCUT2D eigenvalue weighted by atomic mass is 16.4. The van der Waals surface area contributed by atoms with Crippen LogP contribution in [0.3, 0.4) is 0 Å². The summed E-state index contributed by atoms with van der Waals surface area (Å²) >= 11 is 0. The molecule has 0 aromatic heterocycles. The van der Waals surface area contributed by atoms with Gasteiger partial charge in [-0.3, -0.25) is 14.4 Å². The van der Waals surface area contributed by atoms with Gasteiger partial charge in [0.15, 0.2) is 0 Å². The molecule has 0 radical (unpaired) electrons. The van der Waals surface area contributed by atoms with Crippen molar-refractivity contribution in [2.45, 2.75) is 70.5 Å². The summed E-state index contributed by atoms with van der Waals surface area (Å²) in [6, 6.07) is -2.20. The maximum atomic E-state index is 12.6. The molecule has 1 fully saturated rings. The van der Waals surface area contributed by atoms with Crippen LogP contribution >= 0.6 is 0 Å². The maximum absolute atomic E-state index is 12.6. The summed E-state index contributed by atoms with van der Waals surface area (Å²) in [4.78, 5) is 48.2. The molecule has 0 aliphatic carbocycles. The van der Waals surface area contributed by atoms with Crippen molar-refractivity contribution in [1.29, 1.82) is 0 Å². The molecule has 3 amide bonds. The second-order valence-corrected chi connectivity index (χ2v) is 7.80. The zero-order valence-electron chi connectivity index (χ0n) is 17.3. The minimum atomic E-state index is -1.12. The number of hydrogen-bond acceptors (Lipinski definition) is 6. The van der Waals surface area contributed by atoms with Crippen molar-refractivity contribution in [3.8, 4) is 0 Å². The van der Waals surface area contributed by atoms with Gasteiger partial charge in [-0.05, 0) is 57.5 Å². The third-order valence-electron chi connectivity index (χ3n) is 4.72. The Balaban J connectivity index is 2.59. The van der Waals surface area contributed by atoms with E-state index in [-0.39, 0.29) is 30.8 Å². The first-order chi connectivity index (χ1) is 13.7. The highest BCUT2D eigenvalue weighted by molar-refractivity contribution is 5.92. The van der Waals surface area contributed by atoms with E-state index >= 15 is 0 Å². The molecule has 1 aliphatic heterocycles. The van der Waals surface area contributed by atoms with Gasteiger partial charge in [0, 0.05) is 0 Å². The van der Waals surface area contributed by atoms with Gasteiger partial charge in [0.25, 0.3) is 0 Å². The second-order valence-electron chi connectivity index (χ2n) is 7.80. The van der Waals surface area contributed by atoms with Crippen LogP contribution in [0.4, 0.5) is 0 Å². The monoisotopic (exact) mass is 413 g/mol. The summed E-state index contributed by atoms with van der Waals surface area (Å²) in [5.41, 5.74) is 5.42. The molecule has 3 atom stereocenters. The standard InChI is InChI=1S/C19H35N5O5/c1-12(2)10-15(18(27)24-14(19(28)29)6-3-4-8-20)23-16(25)11-22-17(26)13-7-5-9-21-13/h12-15,21H,3-11,20H2,1-2H3,(H,22,26)(H,23,25)(H,24,27)(H,28,29). The van der Waals surface area contributed by atoms with E-state index in [9.17, 15) is 24.3 Å². The molecule has 1 heterocycles. The third kappa shape index (κ3) is 9.71. The highest BCUT2D eigenvalue weighted by Gasteiger charge is 2.27. The number of nitrogens with one attached hydrogen (secondary N) is 4. The van der Waals surface area contributed by atoms with Gasteiger partial charge in [-0.1, -0.05) is 13.8 Å². The van der Waals surface area contributed by atoms with Crippen LogP contribution in [-0.4, -0.2) is 66.6 Å². The second kappa shape index (κ2) is 13.1. The molecule has 0 aromatic carbocycles. The first-order valence-corrected chi connectivity index (χ1v) is 10.3. The Labute approximate surface area is 171 Å². The lowest BCUT2D eigenvalue weighted by molar-refractivity contribution is -0.142. The molecule has 1 aliphatic rings. The number of hydrogen-bond donors (Lipinski definition) is 6. The number of unbranched alkanes of at least 4 members (excludes halogenated alkanes) is 1. The average molecular weight is 414 g/mol. The van der Waals surface area contributed by atoms with Crippen molar-refractivity contribution in [1.82, 2.24) is 21.3 Å². The van der Waals surface area contributed by atoms with Gasteiger partial charge < -0.3 is 32.1 Å². The van der Waals surface area contributed by atoms with Crippen LogP contribution in [0.15, 0.2) is 0 Å². The fraction of sp³-hybridized carbons (Fsp3) is 0.789. The number of carboxylic acids is 1. The van der Waals surface area contributed by atoms with Crippen LogP contribution in [-0.2, 0) is 19.2 Å². The highest BCUT2D eigenvalue weighted by Crippen LogP contribution is 2.08. The Kier molecular flexibility index (Phi) is 11.2. The number of carbonyl (C=O) groups is 4. The quantitative estimate of drug-likeness (QED) is 0.213. The van der Waals surface area contributed by atoms with Crippen LogP contribution in [0.25, 0.3) is 0 Å². The number of amides is 3. The fourth-order valence-electron chi connectivity index (χ4n) is 3.17. The Morgan fingerprint density at radius 1 is 1.14 bits per heavy atom. The first kappa shape index (κ1) is 24.8. The summed E-state index contributed by atoms with van der Waals surface area (Å²) in [5, 5.41) is 20.1. The molecule has 10 heteroatoms. The minimum absolute atomic E-state index is 0.101. The molecule has 0 spiro atoms. The first-order valence-electron chi connectivity index (χ1n) is 10.3. The van der Waals surface area contributed by atoms with E-state index in [0.29, 0.717) is 25.8 Å². The van der Waals surface area contributed by atoms with Gasteiger partial charge in [-0.25, -0.2) is 4.79 Å². The van der Waals surface area contributed by atoms with Crippen molar-refractivity contribution in [3.63, 3.8) is 0 Å². The molecular weight excluding hydrogens is 378 g/mol. The maximum Gasteiger partial charge on any atom is 0.326 e. The molecular formula is C19H35N5O5. The molecule has 1 rings (SSSR count). The normalized spacial score (nSPS) is 18.1. The molecule has 29 heavy (non-hydrogen) atoms. The summed E-state index contributed by atoms with van der Waals surface area (Å²) in [5.74, 6) is -2.30. The van der Waals surface area contributed by atoms with Crippen molar-refractivity contribution in [2.24, 2.45) is 11.7 Å². The number of aliphatic carboxylic acids is 1. The van der Waals surface area contributed by atoms with Crippen LogP contribution < -0.4 is 27.0 Å². The van der Waals surface area contributed by atoms with Crippen molar-refractivity contribution < 1.29 is 24.3 Å². The van der Waals surface area contributed by atoms with E-state index in [0.717, 1.165) is 19.4 Å². The lowest BCUT2D eigenvalue weighted by atomic mass is 10.0. The van der Waals surface area contributed by atoms with Gasteiger partial charge in [-0.2, -0.15) is 0 Å². The zero-order valence-corrected chi connectivity index (χ0v) is 17.3. The summed E-state index contributed by atoms with van der Waals surface area (Å²) in [7, 11) is 0. The Hall–Kier alpha value is -2.20. The van der Waals surface area contributed by atoms with E-state index in [1.54, 1.807) is 0 Å². The molecule has 7 N–H and O–H groups in total. The van der Waals surface area contributed by atoms with E-state index in [1.165, 1.54) is 0 Å². The van der Waals surface area contributed by atoms with E-state index in [1.807, 2.05) is 13.8 Å². The zero-order chi connectivity index (χ0) is 21.8. The fourth-order valence-corrected chi connectivity index (χ4v) is 3.17. The molecule has 3 unspecified atom stereocenters. The molecule has 0 saturated carbocycles. The summed E-state index contributed by atoms with van der Waals surface area (Å²) < 4.78 is 0. The van der Waals surface area contributed by atoms with Gasteiger partial charge in [-0.15, -0.1) is 0 Å². The predicted octanol–water partition coefficient (Wildman–Crippen LogP) is -0.916. The Morgan fingerprint density at radius 3 is 2.41 bits per heavy atom. The Morgan fingerprint density at radius 2 is 1.86 bits per heavy atom. The largest absolute Gasteiger partial charge is 0.480 e. The topological polar surface area (TPSA) is 163 Å². The SMILES string of the molecule is CC(C)CC(NC(=O)CNC(=O)C1CCCN1)C(=O)NC(CCCCN)C(=O)O. The van der Waals surface area contributed by atoms with E-state index in [4.69, 9.17) is 5.73 Å². The van der Waals surface area contributed by atoms with Gasteiger partial charge >= 0.3 is 5.97 Å². The van der Waals surface area contributed by atoms with Gasteiger partial charge in [0.1, 0.15) is 12.1 Å². The Bertz CT molecular complexity index is 563. The molecule has 0 bridgehead atoms. The summed E-state index contributed by atoms with van der Waals surface area (Å²) in [6.07, 6.45) is 3.51. The van der Waals surface area contributed by atoms with Crippen molar-refractivity contribution in [3.05, 3.63) is 0 Å². The van der Waals surface area contributed by atoms with E-state index < -0.39 is 29.9 Å². The van der Waals surface area contributed by atoms with Crippen molar-refractivity contribution in [2.75, 3.05) is 19.6 Å². The molecule has 1 saturated heterocycles. The molecule has 10 nitrogen and oxygen atoms in total. The van der Waals surface area contributed by atoms with Gasteiger partial charge in [0.05, 0.1) is 12.6 Å². The molecule has 166 valence electrons. The van der Waals surface area contributed by atoms with E-state index in [2.05, 4.69) is 21.3 Å². The van der Waals surface area contributed by atoms with Gasteiger partial charge in [0.2, 0.25) is 17.7 Å². The summed E-state index contributed by atoms with van der Waals surface area (Å²) in [6.45, 7) is 4.79. The van der Waals surface area contributed by atoms with Crippen LogP contribution in [0, 0.1) is 5.92 Å². The third-order valence-corrected chi connectivity index (χ3v) is 4.72. The number of rotatable bonds is 13. The number of nitrogens with two attached hydrogens (primary N) is 1. The smallest absolute Gasteiger partial charge is 0.326 e. The lowest BCUT2D eigenvalue weighted by Gasteiger charge is -2.23.